The van der Waals surface area contributed by atoms with E-state index in [0.717, 1.165) is 44.7 Å². The molecule has 0 saturated heterocycles. The van der Waals surface area contributed by atoms with Crippen molar-refractivity contribution in [1.29, 1.82) is 0 Å². The van der Waals surface area contributed by atoms with E-state index in [4.69, 9.17) is 11.6 Å². The lowest BCUT2D eigenvalue weighted by Gasteiger charge is -2.10. The maximum Gasteiger partial charge on any atom is 0.150 e. The van der Waals surface area contributed by atoms with Crippen LogP contribution in [0, 0.1) is 20.8 Å². The zero-order chi connectivity index (χ0) is 13.3. The van der Waals surface area contributed by atoms with Crippen molar-refractivity contribution in [3.8, 4) is 11.1 Å². The van der Waals surface area contributed by atoms with E-state index >= 15 is 0 Å². The number of benzene rings is 2. The Hall–Kier alpha value is -1.60. The molecule has 0 spiro atoms. The second-order valence-electron chi connectivity index (χ2n) is 4.61. The Morgan fingerprint density at radius 1 is 0.944 bits per heavy atom. The molecule has 0 bridgehead atoms. The smallest absolute Gasteiger partial charge is 0.150 e. The first kappa shape index (κ1) is 12.8. The van der Waals surface area contributed by atoms with Crippen LogP contribution in [0.25, 0.3) is 11.1 Å². The minimum atomic E-state index is 0.745. The Morgan fingerprint density at radius 2 is 1.67 bits per heavy atom. The molecule has 0 aliphatic heterocycles. The summed E-state index contributed by atoms with van der Waals surface area (Å²) in [5.41, 5.74) is 6.10. The van der Waals surface area contributed by atoms with Gasteiger partial charge in [0, 0.05) is 10.6 Å². The number of carbonyl (C=O) groups is 1. The molecule has 0 atom stereocenters. The molecule has 1 nitrogen and oxygen atoms in total. The summed E-state index contributed by atoms with van der Waals surface area (Å²) in [6.07, 6.45) is 0.897. The summed E-state index contributed by atoms with van der Waals surface area (Å²) in [4.78, 5) is 10.9. The molecule has 0 aromatic heterocycles. The van der Waals surface area contributed by atoms with Crippen LogP contribution in [-0.2, 0) is 0 Å². The molecule has 0 unspecified atom stereocenters. The van der Waals surface area contributed by atoms with Crippen LogP contribution in [0.1, 0.15) is 27.0 Å². The third-order valence-electron chi connectivity index (χ3n) is 3.22. The summed E-state index contributed by atoms with van der Waals surface area (Å²) >= 11 is 6.16. The first-order chi connectivity index (χ1) is 8.52. The Labute approximate surface area is 112 Å². The number of halogens is 1. The lowest BCUT2D eigenvalue weighted by Crippen LogP contribution is -1.92. The molecule has 0 radical (unpaired) electrons. The second kappa shape index (κ2) is 4.95. The number of aldehydes is 1. The standard InChI is InChI=1S/C16H15ClO/c1-10-4-5-13(8-16(10)17)15-7-11(2)14(9-18)6-12(15)3/h4-9H,1-3H3. The van der Waals surface area contributed by atoms with Gasteiger partial charge in [0.05, 0.1) is 0 Å². The second-order valence-corrected chi connectivity index (χ2v) is 5.01. The first-order valence-electron chi connectivity index (χ1n) is 5.86. The van der Waals surface area contributed by atoms with Crippen LogP contribution in [-0.4, -0.2) is 6.29 Å². The largest absolute Gasteiger partial charge is 0.298 e. The molecule has 0 saturated carbocycles. The molecule has 0 N–H and O–H groups in total. The van der Waals surface area contributed by atoms with Crippen molar-refractivity contribution in [1.82, 2.24) is 0 Å². The third-order valence-corrected chi connectivity index (χ3v) is 3.63. The normalized spacial score (nSPS) is 10.4. The van der Waals surface area contributed by atoms with Gasteiger partial charge in [0.25, 0.3) is 0 Å². The fourth-order valence-corrected chi connectivity index (χ4v) is 2.22. The Bertz CT molecular complexity index is 615. The van der Waals surface area contributed by atoms with Gasteiger partial charge in [-0.3, -0.25) is 4.79 Å². The SMILES string of the molecule is Cc1ccc(-c2cc(C)c(C=O)cc2C)cc1Cl. The summed E-state index contributed by atoms with van der Waals surface area (Å²) in [6, 6.07) is 10.0. The monoisotopic (exact) mass is 258 g/mol. The van der Waals surface area contributed by atoms with Crippen molar-refractivity contribution in [3.05, 3.63) is 57.6 Å². The Balaban J connectivity index is 2.60. The molecule has 0 fully saturated rings. The van der Waals surface area contributed by atoms with E-state index in [1.54, 1.807) is 0 Å². The van der Waals surface area contributed by atoms with Crippen LogP contribution in [0.3, 0.4) is 0 Å². The van der Waals surface area contributed by atoms with Gasteiger partial charge >= 0.3 is 0 Å². The molecule has 2 rings (SSSR count). The molecule has 0 heterocycles. The van der Waals surface area contributed by atoms with Crippen molar-refractivity contribution >= 4 is 17.9 Å². The molecular weight excluding hydrogens is 244 g/mol. The summed E-state index contributed by atoms with van der Waals surface area (Å²) < 4.78 is 0. The van der Waals surface area contributed by atoms with Gasteiger partial charge in [-0.2, -0.15) is 0 Å². The minimum Gasteiger partial charge on any atom is -0.298 e. The molecule has 0 aliphatic carbocycles. The fraction of sp³-hybridized carbons (Fsp3) is 0.188. The number of carbonyl (C=O) groups excluding carboxylic acids is 1. The third kappa shape index (κ3) is 2.32. The van der Waals surface area contributed by atoms with Crippen LogP contribution in [0.2, 0.25) is 5.02 Å². The van der Waals surface area contributed by atoms with Gasteiger partial charge in [0.15, 0.2) is 0 Å². The van der Waals surface area contributed by atoms with E-state index in [1.165, 1.54) is 0 Å². The predicted molar refractivity (Wildman–Crippen MR) is 76.5 cm³/mol. The lowest BCUT2D eigenvalue weighted by molar-refractivity contribution is 0.112. The summed E-state index contributed by atoms with van der Waals surface area (Å²) in [5, 5.41) is 0.768. The number of hydrogen-bond donors (Lipinski definition) is 0. The predicted octanol–water partition coefficient (Wildman–Crippen LogP) is 4.74. The van der Waals surface area contributed by atoms with Crippen LogP contribution in [0.4, 0.5) is 0 Å². The summed E-state index contributed by atoms with van der Waals surface area (Å²) in [7, 11) is 0. The molecule has 2 heteroatoms. The van der Waals surface area contributed by atoms with E-state index in [0.29, 0.717) is 0 Å². The highest BCUT2D eigenvalue weighted by Crippen LogP contribution is 2.29. The van der Waals surface area contributed by atoms with Crippen LogP contribution in [0.15, 0.2) is 30.3 Å². The zero-order valence-corrected chi connectivity index (χ0v) is 11.5. The first-order valence-corrected chi connectivity index (χ1v) is 6.23. The molecule has 0 aliphatic rings. The maximum absolute atomic E-state index is 10.9. The average Bonchev–Trinajstić information content (AvgIpc) is 2.35. The van der Waals surface area contributed by atoms with Crippen molar-refractivity contribution in [2.24, 2.45) is 0 Å². The van der Waals surface area contributed by atoms with Gasteiger partial charge < -0.3 is 0 Å². The maximum atomic E-state index is 10.9. The van der Waals surface area contributed by atoms with Gasteiger partial charge in [-0.25, -0.2) is 0 Å². The minimum absolute atomic E-state index is 0.745. The summed E-state index contributed by atoms with van der Waals surface area (Å²) in [5.74, 6) is 0. The molecule has 2 aromatic carbocycles. The zero-order valence-electron chi connectivity index (χ0n) is 10.8. The molecule has 18 heavy (non-hydrogen) atoms. The van der Waals surface area contributed by atoms with E-state index in [-0.39, 0.29) is 0 Å². The number of rotatable bonds is 2. The van der Waals surface area contributed by atoms with Gasteiger partial charge in [0.2, 0.25) is 0 Å². The van der Waals surface area contributed by atoms with E-state index in [2.05, 4.69) is 6.07 Å². The van der Waals surface area contributed by atoms with E-state index < -0.39 is 0 Å². The van der Waals surface area contributed by atoms with Crippen molar-refractivity contribution in [2.45, 2.75) is 20.8 Å². The highest BCUT2D eigenvalue weighted by Gasteiger charge is 2.07. The van der Waals surface area contributed by atoms with Crippen molar-refractivity contribution < 1.29 is 4.79 Å². The van der Waals surface area contributed by atoms with Gasteiger partial charge in [-0.05, 0) is 60.7 Å². The molecule has 0 amide bonds. The average molecular weight is 259 g/mol. The number of aryl methyl sites for hydroxylation is 3. The molecule has 2 aromatic rings. The van der Waals surface area contributed by atoms with Crippen molar-refractivity contribution in [2.75, 3.05) is 0 Å². The highest BCUT2D eigenvalue weighted by atomic mass is 35.5. The van der Waals surface area contributed by atoms with Crippen molar-refractivity contribution in [3.63, 3.8) is 0 Å². The van der Waals surface area contributed by atoms with E-state index in [9.17, 15) is 4.79 Å². The Morgan fingerprint density at radius 3 is 2.28 bits per heavy atom. The quantitative estimate of drug-likeness (QED) is 0.711. The van der Waals surface area contributed by atoms with Crippen LogP contribution < -0.4 is 0 Å². The van der Waals surface area contributed by atoms with Gasteiger partial charge in [-0.15, -0.1) is 0 Å². The molecule has 92 valence electrons. The van der Waals surface area contributed by atoms with Gasteiger partial charge in [0.1, 0.15) is 6.29 Å². The lowest BCUT2D eigenvalue weighted by atomic mass is 9.95. The summed E-state index contributed by atoms with van der Waals surface area (Å²) in [6.45, 7) is 5.94. The van der Waals surface area contributed by atoms with E-state index in [1.807, 2.05) is 45.0 Å². The Kier molecular flexibility index (Phi) is 3.53. The highest BCUT2D eigenvalue weighted by molar-refractivity contribution is 6.31. The topological polar surface area (TPSA) is 17.1 Å². The van der Waals surface area contributed by atoms with Crippen LogP contribution in [0.5, 0.6) is 0 Å². The number of hydrogen-bond acceptors (Lipinski definition) is 1. The van der Waals surface area contributed by atoms with Gasteiger partial charge in [-0.1, -0.05) is 29.8 Å². The molecular formula is C16H15ClO. The fourth-order valence-electron chi connectivity index (χ4n) is 2.04. The van der Waals surface area contributed by atoms with Crippen LogP contribution >= 0.6 is 11.6 Å².